The molecule has 0 heterocycles. The van der Waals surface area contributed by atoms with Gasteiger partial charge in [0.05, 0.1) is 6.04 Å². The highest BCUT2D eigenvalue weighted by atomic mass is 35.5. The Morgan fingerprint density at radius 2 is 1.88 bits per heavy atom. The van der Waals surface area contributed by atoms with Crippen LogP contribution in [0.5, 0.6) is 0 Å². The van der Waals surface area contributed by atoms with Gasteiger partial charge in [-0.25, -0.2) is 0 Å². The third-order valence-corrected chi connectivity index (χ3v) is 3.08. The third-order valence-electron chi connectivity index (χ3n) is 2.57. The molecular formula is C13H18ClNO. The summed E-state index contributed by atoms with van der Waals surface area (Å²) in [5, 5.41) is 2.53. The molecule has 0 aromatic heterocycles. The van der Waals surface area contributed by atoms with E-state index in [2.05, 4.69) is 5.32 Å². The Balaban J connectivity index is 2.66. The number of nitrogens with one attached hydrogen (secondary N) is 1. The quantitative estimate of drug-likeness (QED) is 0.785. The zero-order valence-electron chi connectivity index (χ0n) is 9.74. The largest absolute Gasteiger partial charge is 0.348 e. The zero-order valence-corrected chi connectivity index (χ0v) is 10.5. The second kappa shape index (κ2) is 6.54. The topological polar surface area (TPSA) is 29.1 Å². The molecule has 2 unspecified atom stereocenters. The van der Waals surface area contributed by atoms with Crippen molar-refractivity contribution in [3.63, 3.8) is 0 Å². The van der Waals surface area contributed by atoms with E-state index in [1.165, 1.54) is 0 Å². The summed E-state index contributed by atoms with van der Waals surface area (Å²) in [6.07, 6.45) is 1.52. The molecule has 3 heteroatoms. The van der Waals surface area contributed by atoms with Crippen molar-refractivity contribution in [2.45, 2.75) is 38.1 Å². The summed E-state index contributed by atoms with van der Waals surface area (Å²) in [6.45, 7) is 3.95. The van der Waals surface area contributed by atoms with Crippen LogP contribution in [0.2, 0.25) is 0 Å². The molecule has 0 saturated carbocycles. The van der Waals surface area contributed by atoms with E-state index in [-0.39, 0.29) is 11.9 Å². The molecule has 0 radical (unpaired) electrons. The van der Waals surface area contributed by atoms with E-state index in [1.807, 2.05) is 44.2 Å². The summed E-state index contributed by atoms with van der Waals surface area (Å²) >= 11 is 5.89. The molecule has 1 aromatic carbocycles. The molecule has 0 saturated heterocycles. The van der Waals surface area contributed by atoms with Crippen LogP contribution in [-0.4, -0.2) is 11.3 Å². The van der Waals surface area contributed by atoms with E-state index in [4.69, 9.17) is 11.6 Å². The van der Waals surface area contributed by atoms with Gasteiger partial charge >= 0.3 is 0 Å². The number of carbonyl (C=O) groups excluding carboxylic acids is 1. The summed E-state index contributed by atoms with van der Waals surface area (Å²) in [5.74, 6) is -0.0835. The van der Waals surface area contributed by atoms with Gasteiger partial charge in [0.2, 0.25) is 5.91 Å². The van der Waals surface area contributed by atoms with Crippen molar-refractivity contribution in [2.75, 3.05) is 0 Å². The summed E-state index contributed by atoms with van der Waals surface area (Å²) in [6, 6.07) is 10.0. The molecule has 0 bridgehead atoms. The smallest absolute Gasteiger partial charge is 0.238 e. The standard InChI is InChI=1S/C13H18ClNO/c1-3-11(14)13(16)15-12(4-2)10-8-6-5-7-9-10/h5-9,11-12H,3-4H2,1-2H3,(H,15,16). The monoisotopic (exact) mass is 239 g/mol. The van der Waals surface area contributed by atoms with Crippen molar-refractivity contribution in [2.24, 2.45) is 0 Å². The molecule has 0 aliphatic heterocycles. The molecule has 0 spiro atoms. The van der Waals surface area contributed by atoms with E-state index in [1.54, 1.807) is 0 Å². The first-order valence-corrected chi connectivity index (χ1v) is 6.12. The second-order valence-electron chi connectivity index (χ2n) is 3.76. The maximum Gasteiger partial charge on any atom is 0.238 e. The Hall–Kier alpha value is -1.02. The van der Waals surface area contributed by atoms with Gasteiger partial charge in [-0.15, -0.1) is 11.6 Å². The molecule has 88 valence electrons. The Morgan fingerprint density at radius 3 is 2.38 bits per heavy atom. The van der Waals surface area contributed by atoms with Crippen LogP contribution >= 0.6 is 11.6 Å². The van der Waals surface area contributed by atoms with Crippen LogP contribution in [0.3, 0.4) is 0 Å². The van der Waals surface area contributed by atoms with E-state index < -0.39 is 5.38 Å². The maximum atomic E-state index is 11.7. The molecule has 1 amide bonds. The van der Waals surface area contributed by atoms with E-state index in [0.717, 1.165) is 12.0 Å². The van der Waals surface area contributed by atoms with Crippen LogP contribution in [0, 0.1) is 0 Å². The lowest BCUT2D eigenvalue weighted by molar-refractivity contribution is -0.121. The van der Waals surface area contributed by atoms with E-state index in [9.17, 15) is 4.79 Å². The molecule has 0 aliphatic carbocycles. The zero-order chi connectivity index (χ0) is 12.0. The first-order valence-electron chi connectivity index (χ1n) is 5.68. The van der Waals surface area contributed by atoms with Crippen molar-refractivity contribution in [3.8, 4) is 0 Å². The maximum absolute atomic E-state index is 11.7. The fourth-order valence-corrected chi connectivity index (χ4v) is 1.62. The third kappa shape index (κ3) is 3.53. The molecule has 2 atom stereocenters. The number of hydrogen-bond donors (Lipinski definition) is 1. The fourth-order valence-electron chi connectivity index (χ4n) is 1.55. The van der Waals surface area contributed by atoms with Crippen molar-refractivity contribution in [1.29, 1.82) is 0 Å². The molecule has 2 nitrogen and oxygen atoms in total. The molecule has 1 rings (SSSR count). The number of halogens is 1. The molecular weight excluding hydrogens is 222 g/mol. The van der Waals surface area contributed by atoms with Gasteiger partial charge in [0.1, 0.15) is 5.38 Å². The lowest BCUT2D eigenvalue weighted by atomic mass is 10.0. The molecule has 0 fully saturated rings. The summed E-state index contributed by atoms with van der Waals surface area (Å²) in [5.41, 5.74) is 1.12. The lowest BCUT2D eigenvalue weighted by Gasteiger charge is -2.18. The van der Waals surface area contributed by atoms with Gasteiger partial charge in [0.15, 0.2) is 0 Å². The summed E-state index contributed by atoms with van der Waals surface area (Å²) in [4.78, 5) is 11.7. The number of alkyl halides is 1. The number of carbonyl (C=O) groups is 1. The van der Waals surface area contributed by atoms with E-state index in [0.29, 0.717) is 6.42 Å². The van der Waals surface area contributed by atoms with Crippen molar-refractivity contribution in [1.82, 2.24) is 5.32 Å². The first kappa shape index (κ1) is 13.0. The van der Waals surface area contributed by atoms with Gasteiger partial charge in [-0.1, -0.05) is 44.2 Å². The minimum atomic E-state index is -0.433. The van der Waals surface area contributed by atoms with Gasteiger partial charge in [-0.05, 0) is 18.4 Å². The van der Waals surface area contributed by atoms with Gasteiger partial charge in [0, 0.05) is 0 Å². The fraction of sp³-hybridized carbons (Fsp3) is 0.462. The van der Waals surface area contributed by atoms with Crippen LogP contribution in [0.25, 0.3) is 0 Å². The van der Waals surface area contributed by atoms with Crippen molar-refractivity contribution in [3.05, 3.63) is 35.9 Å². The Labute approximate surface area is 102 Å². The predicted molar refractivity (Wildman–Crippen MR) is 67.5 cm³/mol. The van der Waals surface area contributed by atoms with Crippen molar-refractivity contribution < 1.29 is 4.79 Å². The average Bonchev–Trinajstić information content (AvgIpc) is 2.35. The van der Waals surface area contributed by atoms with Crippen LogP contribution in [0.4, 0.5) is 0 Å². The highest BCUT2D eigenvalue weighted by Crippen LogP contribution is 2.16. The Bertz CT molecular complexity index is 326. The second-order valence-corrected chi connectivity index (χ2v) is 4.28. The summed E-state index contributed by atoms with van der Waals surface area (Å²) < 4.78 is 0. The molecule has 1 aromatic rings. The minimum absolute atomic E-state index is 0.0569. The van der Waals surface area contributed by atoms with Crippen molar-refractivity contribution >= 4 is 17.5 Å². The molecule has 0 aliphatic rings. The Morgan fingerprint density at radius 1 is 1.25 bits per heavy atom. The number of rotatable bonds is 5. The van der Waals surface area contributed by atoms with Crippen LogP contribution in [0.1, 0.15) is 38.3 Å². The lowest BCUT2D eigenvalue weighted by Crippen LogP contribution is -2.34. The molecule has 16 heavy (non-hydrogen) atoms. The number of hydrogen-bond acceptors (Lipinski definition) is 1. The Kier molecular flexibility index (Phi) is 5.33. The van der Waals surface area contributed by atoms with Crippen LogP contribution in [-0.2, 0) is 4.79 Å². The average molecular weight is 240 g/mol. The normalized spacial score (nSPS) is 14.2. The summed E-state index contributed by atoms with van der Waals surface area (Å²) in [7, 11) is 0. The SMILES string of the molecule is CCC(Cl)C(=O)NC(CC)c1ccccc1. The molecule has 1 N–H and O–H groups in total. The minimum Gasteiger partial charge on any atom is -0.348 e. The van der Waals surface area contributed by atoms with Crippen LogP contribution < -0.4 is 5.32 Å². The van der Waals surface area contributed by atoms with Gasteiger partial charge < -0.3 is 5.32 Å². The highest BCUT2D eigenvalue weighted by Gasteiger charge is 2.17. The van der Waals surface area contributed by atoms with Gasteiger partial charge in [-0.2, -0.15) is 0 Å². The van der Waals surface area contributed by atoms with Gasteiger partial charge in [-0.3, -0.25) is 4.79 Å². The number of amides is 1. The predicted octanol–water partition coefficient (Wildman–Crippen LogP) is 3.27. The first-order chi connectivity index (χ1) is 7.69. The van der Waals surface area contributed by atoms with Gasteiger partial charge in [0.25, 0.3) is 0 Å². The van der Waals surface area contributed by atoms with Crippen LogP contribution in [0.15, 0.2) is 30.3 Å². The highest BCUT2D eigenvalue weighted by molar-refractivity contribution is 6.30. The van der Waals surface area contributed by atoms with E-state index >= 15 is 0 Å². The number of benzene rings is 1.